The first kappa shape index (κ1) is 10.9. The van der Waals surface area contributed by atoms with Gasteiger partial charge in [0.15, 0.2) is 0 Å². The highest BCUT2D eigenvalue weighted by Gasteiger charge is 1.95. The Kier molecular flexibility index (Phi) is 3.76. The standard InChI is InChI=1S/C16H18/c1-2-3-4-5-9-14-11-8-12-15-10-6-7-13-16(14)15/h5-13H,2-4H2,1H3/b9-5+. The van der Waals surface area contributed by atoms with Crippen LogP contribution >= 0.6 is 0 Å². The van der Waals surface area contributed by atoms with Crippen LogP contribution in [0.2, 0.25) is 0 Å². The molecule has 2 rings (SSSR count). The molecule has 82 valence electrons. The maximum absolute atomic E-state index is 2.28. The van der Waals surface area contributed by atoms with Gasteiger partial charge >= 0.3 is 0 Å². The topological polar surface area (TPSA) is 0 Å². The first-order valence-corrected chi connectivity index (χ1v) is 6.06. The van der Waals surface area contributed by atoms with E-state index >= 15 is 0 Å². The van der Waals surface area contributed by atoms with Gasteiger partial charge in [-0.3, -0.25) is 0 Å². The summed E-state index contributed by atoms with van der Waals surface area (Å²) in [5, 5.41) is 2.66. The van der Waals surface area contributed by atoms with Crippen molar-refractivity contribution in [1.29, 1.82) is 0 Å². The van der Waals surface area contributed by atoms with Crippen molar-refractivity contribution in [2.45, 2.75) is 26.2 Å². The molecule has 0 aliphatic rings. The fraction of sp³-hybridized carbons (Fsp3) is 0.250. The van der Waals surface area contributed by atoms with E-state index in [0.29, 0.717) is 0 Å². The monoisotopic (exact) mass is 210 g/mol. The Morgan fingerprint density at radius 3 is 2.69 bits per heavy atom. The lowest BCUT2D eigenvalue weighted by Crippen LogP contribution is -1.77. The minimum atomic E-state index is 1.18. The van der Waals surface area contributed by atoms with Gasteiger partial charge in [0.1, 0.15) is 0 Å². The van der Waals surface area contributed by atoms with Crippen molar-refractivity contribution in [2.24, 2.45) is 0 Å². The Hall–Kier alpha value is -1.56. The smallest absolute Gasteiger partial charge is 0.0112 e. The lowest BCUT2D eigenvalue weighted by atomic mass is 10.0. The minimum Gasteiger partial charge on any atom is -0.0839 e. The SMILES string of the molecule is CCCC/C=C/c1cccc2ccccc12. The van der Waals surface area contributed by atoms with Crippen molar-refractivity contribution in [3.8, 4) is 0 Å². The van der Waals surface area contributed by atoms with Crippen molar-refractivity contribution in [3.05, 3.63) is 54.1 Å². The third-order valence-corrected chi connectivity index (χ3v) is 2.85. The maximum Gasteiger partial charge on any atom is -0.0112 e. The molecule has 0 spiro atoms. The molecule has 0 heteroatoms. The second kappa shape index (κ2) is 5.50. The van der Waals surface area contributed by atoms with E-state index in [-0.39, 0.29) is 0 Å². The van der Waals surface area contributed by atoms with E-state index in [9.17, 15) is 0 Å². The normalized spacial score (nSPS) is 11.3. The largest absolute Gasteiger partial charge is 0.0839 e. The Labute approximate surface area is 97.6 Å². The highest BCUT2D eigenvalue weighted by Crippen LogP contribution is 2.19. The van der Waals surface area contributed by atoms with Crippen molar-refractivity contribution in [2.75, 3.05) is 0 Å². The molecule has 0 saturated heterocycles. The van der Waals surface area contributed by atoms with Gasteiger partial charge in [0.25, 0.3) is 0 Å². The fourth-order valence-electron chi connectivity index (χ4n) is 1.93. The molecule has 0 aliphatic carbocycles. The molecule has 0 N–H and O–H groups in total. The molecule has 0 saturated carbocycles. The predicted octanol–water partition coefficient (Wildman–Crippen LogP) is 5.04. The molecular formula is C16H18. The zero-order chi connectivity index (χ0) is 11.2. The molecule has 2 aromatic rings. The number of unbranched alkanes of at least 4 members (excludes halogenated alkanes) is 2. The maximum atomic E-state index is 2.28. The Morgan fingerprint density at radius 1 is 1.00 bits per heavy atom. The van der Waals surface area contributed by atoms with Gasteiger partial charge in [0, 0.05) is 0 Å². The van der Waals surface area contributed by atoms with Crippen LogP contribution < -0.4 is 0 Å². The van der Waals surface area contributed by atoms with Crippen molar-refractivity contribution >= 4 is 16.8 Å². The number of allylic oxidation sites excluding steroid dienone is 1. The second-order valence-electron chi connectivity index (χ2n) is 4.11. The van der Waals surface area contributed by atoms with Crippen LogP contribution in [-0.4, -0.2) is 0 Å². The van der Waals surface area contributed by atoms with Crippen LogP contribution in [-0.2, 0) is 0 Å². The zero-order valence-electron chi connectivity index (χ0n) is 9.82. The van der Waals surface area contributed by atoms with Crippen molar-refractivity contribution in [3.63, 3.8) is 0 Å². The highest BCUT2D eigenvalue weighted by molar-refractivity contribution is 5.90. The quantitative estimate of drug-likeness (QED) is 0.620. The van der Waals surface area contributed by atoms with E-state index in [0.717, 1.165) is 0 Å². The summed E-state index contributed by atoms with van der Waals surface area (Å²) in [6, 6.07) is 15.0. The molecule has 16 heavy (non-hydrogen) atoms. The Balaban J connectivity index is 2.27. The average Bonchev–Trinajstić information content (AvgIpc) is 2.35. The molecule has 0 unspecified atom stereocenters. The molecule has 0 nitrogen and oxygen atoms in total. The predicted molar refractivity (Wildman–Crippen MR) is 72.5 cm³/mol. The molecule has 0 aliphatic heterocycles. The molecule has 0 atom stereocenters. The zero-order valence-corrected chi connectivity index (χ0v) is 9.82. The summed E-state index contributed by atoms with van der Waals surface area (Å²) in [5.41, 5.74) is 1.33. The molecule has 0 aromatic heterocycles. The van der Waals surface area contributed by atoms with E-state index in [4.69, 9.17) is 0 Å². The van der Waals surface area contributed by atoms with Crippen molar-refractivity contribution in [1.82, 2.24) is 0 Å². The molecule has 2 aromatic carbocycles. The van der Waals surface area contributed by atoms with E-state index in [1.807, 2.05) is 0 Å². The molecule has 0 fully saturated rings. The van der Waals surface area contributed by atoms with Crippen LogP contribution in [0.3, 0.4) is 0 Å². The first-order chi connectivity index (χ1) is 7.92. The van der Waals surface area contributed by atoms with Crippen LogP contribution in [0.4, 0.5) is 0 Å². The first-order valence-electron chi connectivity index (χ1n) is 6.06. The summed E-state index contributed by atoms with van der Waals surface area (Å²) in [4.78, 5) is 0. The molecule has 0 radical (unpaired) electrons. The fourth-order valence-corrected chi connectivity index (χ4v) is 1.93. The average molecular weight is 210 g/mol. The number of hydrogen-bond donors (Lipinski definition) is 0. The van der Waals surface area contributed by atoms with Crippen LogP contribution in [0.25, 0.3) is 16.8 Å². The number of benzene rings is 2. The highest BCUT2D eigenvalue weighted by atomic mass is 14.0. The Morgan fingerprint density at radius 2 is 1.81 bits per heavy atom. The van der Waals surface area contributed by atoms with Gasteiger partial charge in [-0.05, 0) is 22.8 Å². The van der Waals surface area contributed by atoms with E-state index in [1.165, 1.54) is 35.6 Å². The summed E-state index contributed by atoms with van der Waals surface area (Å²) in [7, 11) is 0. The van der Waals surface area contributed by atoms with Crippen molar-refractivity contribution < 1.29 is 0 Å². The van der Waals surface area contributed by atoms with Gasteiger partial charge in [-0.1, -0.05) is 74.4 Å². The minimum absolute atomic E-state index is 1.18. The van der Waals surface area contributed by atoms with Gasteiger partial charge in [0.2, 0.25) is 0 Å². The molecule has 0 heterocycles. The summed E-state index contributed by atoms with van der Waals surface area (Å²) >= 11 is 0. The molecule has 0 amide bonds. The van der Waals surface area contributed by atoms with E-state index in [1.54, 1.807) is 0 Å². The number of fused-ring (bicyclic) bond motifs is 1. The number of hydrogen-bond acceptors (Lipinski definition) is 0. The lowest BCUT2D eigenvalue weighted by molar-refractivity contribution is 0.816. The van der Waals surface area contributed by atoms with Crippen LogP contribution in [0.5, 0.6) is 0 Å². The summed E-state index contributed by atoms with van der Waals surface area (Å²) in [5.74, 6) is 0. The Bertz CT molecular complexity index is 475. The third kappa shape index (κ3) is 2.52. The summed E-state index contributed by atoms with van der Waals surface area (Å²) in [6.45, 7) is 2.23. The number of rotatable bonds is 4. The summed E-state index contributed by atoms with van der Waals surface area (Å²) < 4.78 is 0. The van der Waals surface area contributed by atoms with Gasteiger partial charge in [-0.25, -0.2) is 0 Å². The van der Waals surface area contributed by atoms with E-state index in [2.05, 4.69) is 61.5 Å². The second-order valence-corrected chi connectivity index (χ2v) is 4.11. The third-order valence-electron chi connectivity index (χ3n) is 2.85. The van der Waals surface area contributed by atoms with Crippen LogP contribution in [0.1, 0.15) is 31.7 Å². The van der Waals surface area contributed by atoms with Gasteiger partial charge < -0.3 is 0 Å². The van der Waals surface area contributed by atoms with Crippen LogP contribution in [0, 0.1) is 0 Å². The van der Waals surface area contributed by atoms with Gasteiger partial charge in [-0.2, -0.15) is 0 Å². The van der Waals surface area contributed by atoms with E-state index < -0.39 is 0 Å². The summed E-state index contributed by atoms with van der Waals surface area (Å²) in [6.07, 6.45) is 8.25. The molecule has 0 bridgehead atoms. The van der Waals surface area contributed by atoms with Gasteiger partial charge in [-0.15, -0.1) is 0 Å². The lowest BCUT2D eigenvalue weighted by Gasteiger charge is -2.01. The van der Waals surface area contributed by atoms with Crippen LogP contribution in [0.15, 0.2) is 48.5 Å². The van der Waals surface area contributed by atoms with Gasteiger partial charge in [0.05, 0.1) is 0 Å². The molecular weight excluding hydrogens is 192 g/mol.